The van der Waals surface area contributed by atoms with Crippen LogP contribution >= 0.6 is 11.6 Å². The highest BCUT2D eigenvalue weighted by Crippen LogP contribution is 2.28. The Morgan fingerprint density at radius 2 is 2.14 bits per heavy atom. The highest BCUT2D eigenvalue weighted by Gasteiger charge is 2.17. The first-order valence-corrected chi connectivity index (χ1v) is 4.29. The molecule has 1 unspecified atom stereocenters. The number of halogens is 2. The molecule has 0 heterocycles. The summed E-state index contributed by atoms with van der Waals surface area (Å²) in [5.74, 6) is -1.34. The molecule has 0 amide bonds. The van der Waals surface area contributed by atoms with Crippen molar-refractivity contribution in [3.8, 4) is 12.1 Å². The maximum Gasteiger partial charge on any atom is 0.129 e. The molecule has 14 heavy (non-hydrogen) atoms. The van der Waals surface area contributed by atoms with Gasteiger partial charge >= 0.3 is 0 Å². The van der Waals surface area contributed by atoms with Gasteiger partial charge in [-0.15, -0.1) is 0 Å². The molecule has 0 saturated carbocycles. The fourth-order valence-corrected chi connectivity index (χ4v) is 1.44. The number of benzene rings is 1. The summed E-state index contributed by atoms with van der Waals surface area (Å²) < 4.78 is 13.3. The Balaban J connectivity index is 3.18. The maximum absolute atomic E-state index is 13.3. The minimum Gasteiger partial charge on any atom is -0.207 e. The molecule has 70 valence electrons. The van der Waals surface area contributed by atoms with E-state index in [0.29, 0.717) is 0 Å². The number of rotatable bonds is 2. The molecule has 0 fully saturated rings. The van der Waals surface area contributed by atoms with Crippen molar-refractivity contribution >= 4 is 11.6 Å². The molecule has 4 heteroatoms. The molecule has 0 saturated heterocycles. The van der Waals surface area contributed by atoms with Crippen molar-refractivity contribution in [1.29, 1.82) is 10.5 Å². The Bertz CT molecular complexity index is 397. The van der Waals surface area contributed by atoms with Crippen LogP contribution in [0.3, 0.4) is 0 Å². The summed E-state index contributed by atoms with van der Waals surface area (Å²) in [7, 11) is 0. The van der Waals surface area contributed by atoms with Gasteiger partial charge in [0.25, 0.3) is 0 Å². The molecule has 1 atom stereocenters. The zero-order chi connectivity index (χ0) is 10.6. The van der Waals surface area contributed by atoms with Crippen molar-refractivity contribution in [2.45, 2.75) is 12.3 Å². The molecular formula is C10H6ClFN2. The van der Waals surface area contributed by atoms with E-state index in [1.165, 1.54) is 18.2 Å². The van der Waals surface area contributed by atoms with Crippen molar-refractivity contribution < 1.29 is 4.39 Å². The molecule has 0 aromatic heterocycles. The number of nitriles is 2. The molecule has 0 aliphatic carbocycles. The van der Waals surface area contributed by atoms with E-state index < -0.39 is 11.7 Å². The van der Waals surface area contributed by atoms with Crippen LogP contribution in [0.5, 0.6) is 0 Å². The van der Waals surface area contributed by atoms with Gasteiger partial charge in [0.15, 0.2) is 0 Å². The quantitative estimate of drug-likeness (QED) is 0.750. The van der Waals surface area contributed by atoms with Crippen LogP contribution in [0, 0.1) is 28.5 Å². The summed E-state index contributed by atoms with van der Waals surface area (Å²) in [6, 6.07) is 7.86. The molecule has 0 bridgehead atoms. The molecule has 0 spiro atoms. The summed E-state index contributed by atoms with van der Waals surface area (Å²) in [4.78, 5) is 0. The van der Waals surface area contributed by atoms with Crippen LogP contribution < -0.4 is 0 Å². The lowest BCUT2D eigenvalue weighted by molar-refractivity contribution is 0.602. The predicted octanol–water partition coefficient (Wildman–Crippen LogP) is 3.00. The molecule has 2 nitrogen and oxygen atoms in total. The second-order valence-corrected chi connectivity index (χ2v) is 3.09. The lowest BCUT2D eigenvalue weighted by Crippen LogP contribution is -1.99. The first-order valence-electron chi connectivity index (χ1n) is 3.91. The van der Waals surface area contributed by atoms with Crippen LogP contribution in [0.2, 0.25) is 5.02 Å². The standard InChI is InChI=1S/C10H6ClFN2/c11-8-2-1-3-9(12)10(8)7(6-14)4-5-13/h1-3,7H,4H2. The maximum atomic E-state index is 13.3. The van der Waals surface area contributed by atoms with E-state index in [9.17, 15) is 4.39 Å². The van der Waals surface area contributed by atoms with E-state index in [1.807, 2.05) is 12.1 Å². The summed E-state index contributed by atoms with van der Waals surface area (Å²) in [5, 5.41) is 17.4. The largest absolute Gasteiger partial charge is 0.207 e. The lowest BCUT2D eigenvalue weighted by Gasteiger charge is -2.08. The van der Waals surface area contributed by atoms with Crippen LogP contribution in [-0.4, -0.2) is 0 Å². The average Bonchev–Trinajstić information content (AvgIpc) is 2.16. The number of hydrogen-bond donors (Lipinski definition) is 0. The van der Waals surface area contributed by atoms with Gasteiger partial charge in [-0.25, -0.2) is 4.39 Å². The predicted molar refractivity (Wildman–Crippen MR) is 50.0 cm³/mol. The zero-order valence-corrected chi connectivity index (χ0v) is 7.92. The Morgan fingerprint density at radius 3 is 2.64 bits per heavy atom. The van der Waals surface area contributed by atoms with Crippen molar-refractivity contribution in [3.63, 3.8) is 0 Å². The van der Waals surface area contributed by atoms with Crippen molar-refractivity contribution in [1.82, 2.24) is 0 Å². The highest BCUT2D eigenvalue weighted by atomic mass is 35.5. The van der Waals surface area contributed by atoms with Gasteiger partial charge in [0.2, 0.25) is 0 Å². The lowest BCUT2D eigenvalue weighted by atomic mass is 9.97. The van der Waals surface area contributed by atoms with Gasteiger partial charge in [-0.05, 0) is 12.1 Å². The van der Waals surface area contributed by atoms with Crippen molar-refractivity contribution in [3.05, 3.63) is 34.6 Å². The SMILES string of the molecule is N#CCC(C#N)c1c(F)cccc1Cl. The molecule has 1 aromatic rings. The van der Waals surface area contributed by atoms with Crippen LogP contribution in [0.4, 0.5) is 4.39 Å². The molecule has 0 N–H and O–H groups in total. The Labute approximate surface area is 86.1 Å². The Hall–Kier alpha value is -1.58. The number of hydrogen-bond acceptors (Lipinski definition) is 2. The summed E-state index contributed by atoms with van der Waals surface area (Å²) in [6.07, 6.45) is -0.0584. The van der Waals surface area contributed by atoms with Gasteiger partial charge in [0, 0.05) is 10.6 Å². The van der Waals surface area contributed by atoms with Gasteiger partial charge in [-0.2, -0.15) is 10.5 Å². The van der Waals surface area contributed by atoms with Crippen LogP contribution in [0.1, 0.15) is 17.9 Å². The fraction of sp³-hybridized carbons (Fsp3) is 0.200. The van der Waals surface area contributed by atoms with E-state index in [0.717, 1.165) is 0 Å². The Morgan fingerprint density at radius 1 is 1.43 bits per heavy atom. The first kappa shape index (κ1) is 10.5. The van der Waals surface area contributed by atoms with Crippen molar-refractivity contribution in [2.75, 3.05) is 0 Å². The fourth-order valence-electron chi connectivity index (χ4n) is 1.15. The zero-order valence-electron chi connectivity index (χ0n) is 7.17. The molecule has 0 aliphatic rings. The average molecular weight is 209 g/mol. The first-order chi connectivity index (χ1) is 6.70. The van der Waals surface area contributed by atoms with Crippen LogP contribution in [0.15, 0.2) is 18.2 Å². The third-order valence-electron chi connectivity index (χ3n) is 1.80. The number of nitrogens with zero attached hydrogens (tertiary/aromatic N) is 2. The molecular weight excluding hydrogens is 203 g/mol. The molecule has 1 rings (SSSR count). The van der Waals surface area contributed by atoms with Gasteiger partial charge in [0.05, 0.1) is 24.5 Å². The topological polar surface area (TPSA) is 47.6 Å². The second-order valence-electron chi connectivity index (χ2n) is 2.68. The van der Waals surface area contributed by atoms with Gasteiger partial charge < -0.3 is 0 Å². The summed E-state index contributed by atoms with van der Waals surface area (Å²) in [6.45, 7) is 0. The van der Waals surface area contributed by atoms with E-state index >= 15 is 0 Å². The van der Waals surface area contributed by atoms with Crippen LogP contribution in [0.25, 0.3) is 0 Å². The van der Waals surface area contributed by atoms with E-state index in [-0.39, 0.29) is 17.0 Å². The van der Waals surface area contributed by atoms with E-state index in [1.54, 1.807) is 0 Å². The Kier molecular flexibility index (Phi) is 3.45. The van der Waals surface area contributed by atoms with Gasteiger partial charge in [0.1, 0.15) is 5.82 Å². The van der Waals surface area contributed by atoms with E-state index in [2.05, 4.69) is 0 Å². The smallest absolute Gasteiger partial charge is 0.129 e. The molecule has 0 aliphatic heterocycles. The second kappa shape index (κ2) is 4.60. The van der Waals surface area contributed by atoms with Gasteiger partial charge in [-0.3, -0.25) is 0 Å². The summed E-state index contributed by atoms with van der Waals surface area (Å²) >= 11 is 5.74. The van der Waals surface area contributed by atoms with Gasteiger partial charge in [-0.1, -0.05) is 17.7 Å². The molecule has 1 aromatic carbocycles. The third kappa shape index (κ3) is 2.02. The summed E-state index contributed by atoms with van der Waals surface area (Å²) in [5.41, 5.74) is 0.109. The minimum atomic E-state index is -0.798. The minimum absolute atomic E-state index is 0.0584. The third-order valence-corrected chi connectivity index (χ3v) is 2.13. The van der Waals surface area contributed by atoms with E-state index in [4.69, 9.17) is 22.1 Å². The molecule has 0 radical (unpaired) electrons. The van der Waals surface area contributed by atoms with Crippen LogP contribution in [-0.2, 0) is 0 Å². The monoisotopic (exact) mass is 208 g/mol. The highest BCUT2D eigenvalue weighted by molar-refractivity contribution is 6.31. The normalized spacial score (nSPS) is 11.4. The van der Waals surface area contributed by atoms with Crippen molar-refractivity contribution in [2.24, 2.45) is 0 Å².